The van der Waals surface area contributed by atoms with Crippen molar-refractivity contribution >= 4 is 16.3 Å². The lowest BCUT2D eigenvalue weighted by atomic mass is 10.1. The first-order valence-corrected chi connectivity index (χ1v) is 7.90. The Morgan fingerprint density at radius 1 is 1.35 bits per heavy atom. The van der Waals surface area contributed by atoms with Crippen molar-refractivity contribution in [1.82, 2.24) is 9.19 Å². The lowest BCUT2D eigenvalue weighted by Gasteiger charge is -2.12. The Labute approximate surface area is 129 Å². The summed E-state index contributed by atoms with van der Waals surface area (Å²) in [5, 5.41) is 3.63. The number of aldehydes is 1. The van der Waals surface area contributed by atoms with Gasteiger partial charge in [0.05, 0.1) is 18.1 Å². The number of hydrogen-bond acceptors (Lipinski definition) is 5. The van der Waals surface area contributed by atoms with Crippen LogP contribution in [0.2, 0.25) is 0 Å². The normalized spacial score (nSPS) is 12.2. The number of rotatable bonds is 5. The first-order chi connectivity index (χ1) is 10.7. The molecule has 2 aromatic rings. The van der Waals surface area contributed by atoms with E-state index in [1.54, 1.807) is 0 Å². The molecule has 0 saturated carbocycles. The number of carbonyl (C=O) groups is 1. The summed E-state index contributed by atoms with van der Waals surface area (Å²) >= 11 is 0. The standard InChI is InChI=1S/C13H11F3N2O4S/c1-2-23(20,21)18-7-10(6-17-18)11-5-9(8-19)3-4-12(11)22-13(14,15)16/h3-8H,2H2,1H3. The van der Waals surface area contributed by atoms with Gasteiger partial charge in [0, 0.05) is 16.7 Å². The number of alkyl halides is 3. The van der Waals surface area contributed by atoms with Crippen LogP contribution >= 0.6 is 0 Å². The fraction of sp³-hybridized carbons (Fsp3) is 0.231. The van der Waals surface area contributed by atoms with E-state index < -0.39 is 22.1 Å². The highest BCUT2D eigenvalue weighted by Gasteiger charge is 2.32. The second-order valence-corrected chi connectivity index (χ2v) is 6.54. The zero-order valence-electron chi connectivity index (χ0n) is 11.7. The highest BCUT2D eigenvalue weighted by molar-refractivity contribution is 7.89. The summed E-state index contributed by atoms with van der Waals surface area (Å²) in [6.07, 6.45) is -2.33. The third-order valence-electron chi connectivity index (χ3n) is 2.89. The van der Waals surface area contributed by atoms with Crippen molar-refractivity contribution in [2.45, 2.75) is 13.3 Å². The molecule has 0 amide bonds. The van der Waals surface area contributed by atoms with Crippen LogP contribution in [0.25, 0.3) is 11.1 Å². The zero-order valence-corrected chi connectivity index (χ0v) is 12.6. The quantitative estimate of drug-likeness (QED) is 0.776. The molecule has 0 aliphatic heterocycles. The van der Waals surface area contributed by atoms with Crippen LogP contribution in [0.4, 0.5) is 13.2 Å². The van der Waals surface area contributed by atoms with Crippen LogP contribution < -0.4 is 4.74 Å². The second kappa shape index (κ2) is 6.03. The van der Waals surface area contributed by atoms with Crippen LogP contribution in [-0.4, -0.2) is 36.0 Å². The van der Waals surface area contributed by atoms with Crippen LogP contribution in [0.15, 0.2) is 30.6 Å². The van der Waals surface area contributed by atoms with Gasteiger partial charge in [-0.2, -0.15) is 9.19 Å². The van der Waals surface area contributed by atoms with Crippen molar-refractivity contribution in [2.24, 2.45) is 0 Å². The summed E-state index contributed by atoms with van der Waals surface area (Å²) in [6, 6.07) is 3.30. The minimum Gasteiger partial charge on any atom is -0.405 e. The molecule has 10 heteroatoms. The third-order valence-corrected chi connectivity index (χ3v) is 4.39. The smallest absolute Gasteiger partial charge is 0.405 e. The maximum atomic E-state index is 12.5. The van der Waals surface area contributed by atoms with Crippen LogP contribution in [0.3, 0.4) is 0 Å². The number of nitrogens with zero attached hydrogens (tertiary/aromatic N) is 2. The molecule has 124 valence electrons. The van der Waals surface area contributed by atoms with Gasteiger partial charge in [0.25, 0.3) is 10.0 Å². The van der Waals surface area contributed by atoms with Gasteiger partial charge in [0.15, 0.2) is 0 Å². The number of ether oxygens (including phenoxy) is 1. The first-order valence-electron chi connectivity index (χ1n) is 6.29. The lowest BCUT2D eigenvalue weighted by molar-refractivity contribution is -0.274. The summed E-state index contributed by atoms with van der Waals surface area (Å²) in [4.78, 5) is 10.8. The third kappa shape index (κ3) is 3.89. The van der Waals surface area contributed by atoms with E-state index in [1.165, 1.54) is 6.92 Å². The molecule has 0 fully saturated rings. The molecule has 23 heavy (non-hydrogen) atoms. The molecule has 0 saturated heterocycles. The van der Waals surface area contributed by atoms with Crippen LogP contribution in [0.1, 0.15) is 17.3 Å². The predicted octanol–water partition coefficient (Wildman–Crippen LogP) is 2.46. The summed E-state index contributed by atoms with van der Waals surface area (Å²) < 4.78 is 65.4. The molecule has 0 radical (unpaired) electrons. The molecule has 1 aromatic heterocycles. The Balaban J connectivity index is 2.55. The number of halogens is 3. The molecule has 1 aromatic carbocycles. The first kappa shape index (κ1) is 17.0. The number of aromatic nitrogens is 2. The van der Waals surface area contributed by atoms with Crippen molar-refractivity contribution in [2.75, 3.05) is 5.75 Å². The summed E-state index contributed by atoms with van der Waals surface area (Å²) in [5.74, 6) is -0.787. The zero-order chi connectivity index (χ0) is 17.3. The van der Waals surface area contributed by atoms with Gasteiger partial charge in [-0.25, -0.2) is 8.42 Å². The van der Waals surface area contributed by atoms with Crippen LogP contribution in [0.5, 0.6) is 5.75 Å². The minimum absolute atomic E-state index is 0.0741. The second-order valence-electron chi connectivity index (χ2n) is 4.42. The fourth-order valence-electron chi connectivity index (χ4n) is 1.79. The van der Waals surface area contributed by atoms with Crippen molar-refractivity contribution in [3.8, 4) is 16.9 Å². The summed E-state index contributed by atoms with van der Waals surface area (Å²) in [7, 11) is -3.68. The highest BCUT2D eigenvalue weighted by Crippen LogP contribution is 2.34. The molecule has 6 nitrogen and oxygen atoms in total. The van der Waals surface area contributed by atoms with E-state index in [0.717, 1.165) is 30.6 Å². The molecule has 0 N–H and O–H groups in total. The van der Waals surface area contributed by atoms with Crippen LogP contribution in [-0.2, 0) is 10.0 Å². The van der Waals surface area contributed by atoms with E-state index in [9.17, 15) is 26.4 Å². The van der Waals surface area contributed by atoms with Gasteiger partial charge in [-0.05, 0) is 25.1 Å². The van der Waals surface area contributed by atoms with Gasteiger partial charge >= 0.3 is 6.36 Å². The van der Waals surface area contributed by atoms with E-state index in [0.29, 0.717) is 10.4 Å². The molecular formula is C13H11F3N2O4S. The highest BCUT2D eigenvalue weighted by atomic mass is 32.2. The van der Waals surface area contributed by atoms with Gasteiger partial charge in [-0.15, -0.1) is 13.2 Å². The number of hydrogen-bond donors (Lipinski definition) is 0. The molecule has 0 atom stereocenters. The lowest BCUT2D eigenvalue weighted by Crippen LogP contribution is -2.17. The Kier molecular flexibility index (Phi) is 4.46. The van der Waals surface area contributed by atoms with E-state index in [-0.39, 0.29) is 22.4 Å². The van der Waals surface area contributed by atoms with Gasteiger partial charge in [-0.1, -0.05) is 0 Å². The Morgan fingerprint density at radius 3 is 2.61 bits per heavy atom. The average molecular weight is 348 g/mol. The molecule has 2 rings (SSSR count). The molecule has 0 bridgehead atoms. The van der Waals surface area contributed by atoms with Gasteiger partial charge in [-0.3, -0.25) is 4.79 Å². The molecule has 0 aliphatic carbocycles. The maximum absolute atomic E-state index is 12.5. The SMILES string of the molecule is CCS(=O)(=O)n1cc(-c2cc(C=O)ccc2OC(F)(F)F)cn1. The van der Waals surface area contributed by atoms with Crippen molar-refractivity contribution < 1.29 is 31.1 Å². The maximum Gasteiger partial charge on any atom is 0.573 e. The number of carbonyl (C=O) groups excluding carboxylic acids is 1. The Bertz CT molecular complexity index is 828. The number of benzene rings is 1. The Morgan fingerprint density at radius 2 is 2.04 bits per heavy atom. The predicted molar refractivity (Wildman–Crippen MR) is 74.6 cm³/mol. The topological polar surface area (TPSA) is 78.3 Å². The minimum atomic E-state index is -4.93. The molecule has 1 heterocycles. The molecule has 0 aliphatic rings. The molecule has 0 spiro atoms. The monoisotopic (exact) mass is 348 g/mol. The largest absolute Gasteiger partial charge is 0.573 e. The van der Waals surface area contributed by atoms with Gasteiger partial charge < -0.3 is 4.74 Å². The van der Waals surface area contributed by atoms with Crippen LogP contribution in [0, 0.1) is 0 Å². The summed E-state index contributed by atoms with van der Waals surface area (Å²) in [5.41, 5.74) is 0.0927. The van der Waals surface area contributed by atoms with E-state index in [4.69, 9.17) is 0 Å². The summed E-state index contributed by atoms with van der Waals surface area (Å²) in [6.45, 7) is 1.40. The molecular weight excluding hydrogens is 337 g/mol. The molecule has 0 unspecified atom stereocenters. The van der Waals surface area contributed by atoms with E-state index in [1.807, 2.05) is 0 Å². The Hall–Kier alpha value is -2.36. The van der Waals surface area contributed by atoms with E-state index >= 15 is 0 Å². The fourth-order valence-corrected chi connectivity index (χ4v) is 2.52. The van der Waals surface area contributed by atoms with Gasteiger partial charge in [0.1, 0.15) is 12.0 Å². The van der Waals surface area contributed by atoms with Crippen molar-refractivity contribution in [3.63, 3.8) is 0 Å². The van der Waals surface area contributed by atoms with Crippen molar-refractivity contribution in [3.05, 3.63) is 36.2 Å². The average Bonchev–Trinajstić information content (AvgIpc) is 2.96. The van der Waals surface area contributed by atoms with Gasteiger partial charge in [0.2, 0.25) is 0 Å². The van der Waals surface area contributed by atoms with E-state index in [2.05, 4.69) is 9.84 Å². The van der Waals surface area contributed by atoms with Crippen molar-refractivity contribution in [1.29, 1.82) is 0 Å².